The van der Waals surface area contributed by atoms with Gasteiger partial charge in [-0.05, 0) is 37.6 Å². The van der Waals surface area contributed by atoms with Crippen LogP contribution in [-0.4, -0.2) is 20.7 Å². The van der Waals surface area contributed by atoms with E-state index in [2.05, 4.69) is 0 Å². The van der Waals surface area contributed by atoms with Crippen molar-refractivity contribution in [3.63, 3.8) is 0 Å². The second-order valence-electron chi connectivity index (χ2n) is 4.11. The molecule has 0 unspecified atom stereocenters. The smallest absolute Gasteiger partial charge is 0.330 e. The quantitative estimate of drug-likeness (QED) is 0.625. The van der Waals surface area contributed by atoms with E-state index in [0.717, 1.165) is 0 Å². The maximum atomic E-state index is 13.4. The van der Waals surface area contributed by atoms with Crippen molar-refractivity contribution in [2.24, 2.45) is 5.73 Å². The number of unbranched alkanes of at least 4 members (excludes halogenated alkanes) is 1. The molecule has 0 amide bonds. The van der Waals surface area contributed by atoms with E-state index in [0.29, 0.717) is 31.2 Å². The summed E-state index contributed by atoms with van der Waals surface area (Å²) in [6.45, 7) is 0.299. The summed E-state index contributed by atoms with van der Waals surface area (Å²) in [5.41, 5.74) is 3.36. The molecule has 0 bridgehead atoms. The summed E-state index contributed by atoms with van der Waals surface area (Å²) >= 11 is 0. The van der Waals surface area contributed by atoms with E-state index >= 15 is 0 Å². The van der Waals surface area contributed by atoms with Crippen LogP contribution in [0.25, 0.3) is 0 Å². The van der Waals surface area contributed by atoms with Gasteiger partial charge >= 0.3 is 6.18 Å². The molecule has 4 nitrogen and oxygen atoms in total. The van der Waals surface area contributed by atoms with Crippen molar-refractivity contribution < 1.29 is 26.0 Å². The van der Waals surface area contributed by atoms with Crippen molar-refractivity contribution in [2.45, 2.75) is 19.0 Å². The number of nitrogens with two attached hydrogens (primary N) is 1. The number of halogens is 4. The van der Waals surface area contributed by atoms with Crippen LogP contribution >= 0.6 is 0 Å². The lowest BCUT2D eigenvalue weighted by Crippen LogP contribution is -2.19. The third kappa shape index (κ3) is 4.97. The van der Waals surface area contributed by atoms with E-state index in [1.807, 2.05) is 4.72 Å². The van der Waals surface area contributed by atoms with Gasteiger partial charge in [0.2, 0.25) is 10.0 Å². The highest BCUT2D eigenvalue weighted by molar-refractivity contribution is 7.92. The van der Waals surface area contributed by atoms with Crippen LogP contribution in [0.2, 0.25) is 0 Å². The molecule has 0 spiro atoms. The van der Waals surface area contributed by atoms with Gasteiger partial charge in [-0.3, -0.25) is 4.72 Å². The number of hydrogen-bond donors (Lipinski definition) is 2. The van der Waals surface area contributed by atoms with Crippen LogP contribution in [-0.2, 0) is 16.2 Å². The molecule has 0 aliphatic carbocycles. The van der Waals surface area contributed by atoms with Crippen LogP contribution in [0, 0.1) is 5.82 Å². The predicted molar refractivity (Wildman–Crippen MR) is 67.1 cm³/mol. The molecule has 0 atom stereocenters. The van der Waals surface area contributed by atoms with Gasteiger partial charge in [-0.2, -0.15) is 13.2 Å². The molecule has 0 saturated carbocycles. The second-order valence-corrected chi connectivity index (χ2v) is 5.95. The molecule has 0 heterocycles. The van der Waals surface area contributed by atoms with Gasteiger partial charge in [0, 0.05) is 0 Å². The molecule has 0 aliphatic heterocycles. The average molecular weight is 314 g/mol. The third-order valence-corrected chi connectivity index (χ3v) is 3.78. The molecule has 1 aromatic carbocycles. The van der Waals surface area contributed by atoms with Gasteiger partial charge in [0.15, 0.2) is 0 Å². The van der Waals surface area contributed by atoms with Gasteiger partial charge in [0.05, 0.1) is 17.0 Å². The topological polar surface area (TPSA) is 72.2 Å². The minimum atomic E-state index is -4.67. The largest absolute Gasteiger partial charge is 0.416 e. The number of rotatable bonds is 6. The first kappa shape index (κ1) is 16.7. The Hall–Kier alpha value is -1.35. The maximum absolute atomic E-state index is 13.4. The average Bonchev–Trinajstić information content (AvgIpc) is 2.30. The van der Waals surface area contributed by atoms with Crippen molar-refractivity contribution in [1.29, 1.82) is 0 Å². The first-order valence-corrected chi connectivity index (χ1v) is 7.38. The lowest BCUT2D eigenvalue weighted by Gasteiger charge is -2.12. The Bertz CT molecular complexity index is 558. The van der Waals surface area contributed by atoms with E-state index in [-0.39, 0.29) is 12.2 Å². The number of anilines is 1. The van der Waals surface area contributed by atoms with Crippen LogP contribution in [0.5, 0.6) is 0 Å². The number of alkyl halides is 3. The number of benzene rings is 1. The van der Waals surface area contributed by atoms with E-state index in [4.69, 9.17) is 5.73 Å². The van der Waals surface area contributed by atoms with Crippen LogP contribution < -0.4 is 10.5 Å². The third-order valence-electron chi connectivity index (χ3n) is 2.43. The summed E-state index contributed by atoms with van der Waals surface area (Å²) in [6.07, 6.45) is -3.98. The summed E-state index contributed by atoms with van der Waals surface area (Å²) in [4.78, 5) is 0. The highest BCUT2D eigenvalue weighted by Crippen LogP contribution is 2.32. The Morgan fingerprint density at radius 2 is 1.85 bits per heavy atom. The van der Waals surface area contributed by atoms with Crippen LogP contribution in [0.15, 0.2) is 18.2 Å². The maximum Gasteiger partial charge on any atom is 0.416 e. The molecular formula is C11H14F4N2O2S. The first-order valence-electron chi connectivity index (χ1n) is 5.73. The van der Waals surface area contributed by atoms with E-state index in [1.54, 1.807) is 0 Å². The molecular weight excluding hydrogens is 300 g/mol. The van der Waals surface area contributed by atoms with Crippen LogP contribution in [0.4, 0.5) is 23.2 Å². The zero-order valence-corrected chi connectivity index (χ0v) is 11.2. The summed E-state index contributed by atoms with van der Waals surface area (Å²) in [6, 6.07) is 1.54. The zero-order chi connectivity index (χ0) is 15.4. The molecule has 1 aromatic rings. The number of hydrogen-bond acceptors (Lipinski definition) is 3. The van der Waals surface area contributed by atoms with E-state index < -0.39 is 33.3 Å². The van der Waals surface area contributed by atoms with Crippen molar-refractivity contribution in [3.05, 3.63) is 29.6 Å². The van der Waals surface area contributed by atoms with Crippen molar-refractivity contribution in [2.75, 3.05) is 17.0 Å². The standard InChI is InChI=1S/C11H14F4N2O2S/c12-9-4-3-8(11(13,14)15)7-10(9)17-20(18,19)6-2-1-5-16/h3-4,7,17H,1-2,5-6,16H2. The Kier molecular flexibility index (Phi) is 5.35. The Balaban J connectivity index is 2.91. The molecule has 0 radical (unpaired) electrons. The van der Waals surface area contributed by atoms with Crippen molar-refractivity contribution in [3.8, 4) is 0 Å². The van der Waals surface area contributed by atoms with Gasteiger partial charge in [-0.15, -0.1) is 0 Å². The highest BCUT2D eigenvalue weighted by Gasteiger charge is 2.31. The Morgan fingerprint density at radius 3 is 2.40 bits per heavy atom. The van der Waals surface area contributed by atoms with Gasteiger partial charge in [-0.1, -0.05) is 0 Å². The van der Waals surface area contributed by atoms with Gasteiger partial charge in [-0.25, -0.2) is 12.8 Å². The molecule has 114 valence electrons. The fraction of sp³-hybridized carbons (Fsp3) is 0.455. The zero-order valence-electron chi connectivity index (χ0n) is 10.4. The summed E-state index contributed by atoms with van der Waals surface area (Å²) < 4.78 is 75.8. The number of sulfonamides is 1. The number of nitrogens with one attached hydrogen (secondary N) is 1. The predicted octanol–water partition coefficient (Wildman–Crippen LogP) is 2.33. The normalized spacial score (nSPS) is 12.4. The molecule has 0 aliphatic rings. The highest BCUT2D eigenvalue weighted by atomic mass is 32.2. The van der Waals surface area contributed by atoms with Gasteiger partial charge in [0.1, 0.15) is 5.82 Å². The van der Waals surface area contributed by atoms with Crippen molar-refractivity contribution >= 4 is 15.7 Å². The summed E-state index contributed by atoms with van der Waals surface area (Å²) in [7, 11) is -3.90. The van der Waals surface area contributed by atoms with Crippen LogP contribution in [0.1, 0.15) is 18.4 Å². The second kappa shape index (κ2) is 6.40. The lowest BCUT2D eigenvalue weighted by atomic mass is 10.2. The van der Waals surface area contributed by atoms with Crippen LogP contribution in [0.3, 0.4) is 0 Å². The molecule has 1 rings (SSSR count). The summed E-state index contributed by atoms with van der Waals surface area (Å²) in [5.74, 6) is -1.40. The van der Waals surface area contributed by atoms with E-state index in [9.17, 15) is 26.0 Å². The molecule has 20 heavy (non-hydrogen) atoms. The summed E-state index contributed by atoms with van der Waals surface area (Å²) in [5, 5.41) is 0. The minimum absolute atomic E-state index is 0.242. The van der Waals surface area contributed by atoms with Gasteiger partial charge < -0.3 is 5.73 Å². The molecule has 0 saturated heterocycles. The Labute approximate surface area is 114 Å². The minimum Gasteiger partial charge on any atom is -0.330 e. The Morgan fingerprint density at radius 1 is 1.20 bits per heavy atom. The monoisotopic (exact) mass is 314 g/mol. The lowest BCUT2D eigenvalue weighted by molar-refractivity contribution is -0.137. The van der Waals surface area contributed by atoms with Gasteiger partial charge in [0.25, 0.3) is 0 Å². The molecule has 9 heteroatoms. The molecule has 0 aromatic heterocycles. The van der Waals surface area contributed by atoms with Crippen molar-refractivity contribution in [1.82, 2.24) is 0 Å². The van der Waals surface area contributed by atoms with E-state index in [1.165, 1.54) is 0 Å². The molecule has 3 N–H and O–H groups in total. The molecule has 0 fully saturated rings. The first-order chi connectivity index (χ1) is 9.15. The SMILES string of the molecule is NCCCCS(=O)(=O)Nc1cc(C(F)(F)F)ccc1F. The fourth-order valence-electron chi connectivity index (χ4n) is 1.43. The fourth-order valence-corrected chi connectivity index (χ4v) is 2.61.